The van der Waals surface area contributed by atoms with E-state index in [1.54, 1.807) is 79.2 Å². The number of thiazole rings is 6. The number of phenolic OH excluding ortho intramolecular Hbond substituents is 1. The van der Waals surface area contributed by atoms with Crippen molar-refractivity contribution in [1.82, 2.24) is 66.4 Å². The molecule has 93 heavy (non-hydrogen) atoms. The molecule has 7 aromatic heterocycles. The number of hydrogen-bond acceptors (Lipinski definition) is 25. The molecule has 2 aliphatic heterocycles. The number of nitrogens with one attached hydrogen (secondary N) is 5. The van der Waals surface area contributed by atoms with Gasteiger partial charge in [-0.05, 0) is 56.2 Å². The molecule has 2 aliphatic rings. The zero-order valence-electron chi connectivity index (χ0n) is 49.3. The first kappa shape index (κ1) is 65.3. The smallest absolute Gasteiger partial charge is 0.322 e. The summed E-state index contributed by atoms with van der Waals surface area (Å²) in [4.78, 5) is 144. The number of amides is 7. The van der Waals surface area contributed by atoms with Crippen molar-refractivity contribution in [2.45, 2.75) is 88.6 Å². The van der Waals surface area contributed by atoms with Gasteiger partial charge in [-0.1, -0.05) is 49.4 Å². The third-order valence-electron chi connectivity index (χ3n) is 15.1. The SMILES string of the molecule is Cc1sc2nc1C(=O)NC([C@H](O)c1ccccc1)c1nc(cs1)C(=O)N[C@@H](Cc1ccc(O)cc1)C(=O)N1C[C@H](O)[C@H](C)[C@H]1c1nc(cs1)-c1nc(cs1)-c1nc(-c3nc(C(=O)N[C@H](C(=O)NCC(=O)O)C(C)(C)O)cs3)ccc1-c1nc(cs1)C(=O)N[C@H]2CC(N)=O. The van der Waals surface area contributed by atoms with Gasteiger partial charge in [0.2, 0.25) is 17.7 Å². The highest BCUT2D eigenvalue weighted by atomic mass is 32.1. The summed E-state index contributed by atoms with van der Waals surface area (Å²) in [6.07, 6.45) is -2.96. The van der Waals surface area contributed by atoms with Crippen LogP contribution in [0.2, 0.25) is 0 Å². The van der Waals surface area contributed by atoms with E-state index < -0.39 is 114 Å². The van der Waals surface area contributed by atoms with Gasteiger partial charge in [0.25, 0.3) is 23.6 Å². The van der Waals surface area contributed by atoms with Gasteiger partial charge in [-0.15, -0.1) is 68.0 Å². The Labute approximate surface area is 551 Å². The lowest BCUT2D eigenvalue weighted by Gasteiger charge is -2.29. The van der Waals surface area contributed by atoms with Crippen molar-refractivity contribution in [3.63, 3.8) is 0 Å². The lowest BCUT2D eigenvalue weighted by atomic mass is 9.98. The molecule has 7 amide bonds. The van der Waals surface area contributed by atoms with Crippen LogP contribution in [0.25, 0.3) is 43.4 Å². The molecule has 10 bridgehead atoms. The largest absolute Gasteiger partial charge is 0.508 e. The molecule has 2 aromatic carbocycles. The van der Waals surface area contributed by atoms with Crippen LogP contribution in [-0.4, -0.2) is 150 Å². The van der Waals surface area contributed by atoms with E-state index in [1.165, 1.54) is 69.7 Å². The maximum absolute atomic E-state index is 15.2. The number of aromatic nitrogens is 7. The maximum Gasteiger partial charge on any atom is 0.322 e. The summed E-state index contributed by atoms with van der Waals surface area (Å²) in [5.74, 6) is -7.40. The van der Waals surface area contributed by atoms with E-state index in [4.69, 9.17) is 30.8 Å². The van der Waals surface area contributed by atoms with E-state index in [9.17, 15) is 54.0 Å². The van der Waals surface area contributed by atoms with E-state index in [0.717, 1.165) is 45.3 Å². The van der Waals surface area contributed by atoms with Crippen LogP contribution in [0.4, 0.5) is 0 Å². The Bertz CT molecular complexity index is 4350. The Kier molecular flexibility index (Phi) is 19.1. The number of fused-ring (bicyclic) bond motifs is 16. The number of phenols is 1. The van der Waals surface area contributed by atoms with E-state index in [-0.39, 0.29) is 72.9 Å². The normalized spacial score (nSPS) is 19.3. The second kappa shape index (κ2) is 27.2. The van der Waals surface area contributed by atoms with Crippen molar-refractivity contribution in [3.05, 3.63) is 147 Å². The lowest BCUT2D eigenvalue weighted by Crippen LogP contribution is -2.58. The standard InChI is InChI=1S/C60H56N14O13S6/c1-25-39(76)19-74-45(25)58-70-38(24-92-58)55-66-34(20-89-55)43-30(14-15-31(63-43)54-68-37(22-90-54)50(83)73-47(60(3,4)87)52(85)62-18-41(78)79)53-67-35(21-88-53)48(81)64-32(17-40(61)77)56-72-42(26(2)93-56)51(84)71-44(46(80)28-8-6-5-7-9-28)57-69-36(23-91-57)49(82)65-33(59(74)86)16-27-10-12-29(75)13-11-27/h5-15,20-25,32-33,39,44-47,75-76,80,87H,16-19H2,1-4H3,(H2,61,77)(H,62,85)(H,64,81)(H,65,82)(H,71,84)(H,73,83)(H,78,79)/t25-,32-,33-,39-,44?,45-,46+,47+/m0/s1. The first-order chi connectivity index (χ1) is 44.4. The average molecular weight is 1370 g/mol. The fraction of sp³-hybridized carbons (Fsp3) is 0.283. The van der Waals surface area contributed by atoms with Gasteiger partial charge in [-0.2, -0.15) is 0 Å². The van der Waals surface area contributed by atoms with E-state index in [1.807, 2.05) is 0 Å². The third kappa shape index (κ3) is 14.4. The predicted molar refractivity (Wildman–Crippen MR) is 344 cm³/mol. The molecule has 11 rings (SSSR count). The van der Waals surface area contributed by atoms with Gasteiger partial charge < -0.3 is 62.8 Å². The monoisotopic (exact) mass is 1370 g/mol. The summed E-state index contributed by atoms with van der Waals surface area (Å²) < 4.78 is 0. The van der Waals surface area contributed by atoms with Crippen LogP contribution in [0.5, 0.6) is 5.75 Å². The zero-order valence-corrected chi connectivity index (χ0v) is 54.2. The van der Waals surface area contributed by atoms with Crippen molar-refractivity contribution >= 4 is 115 Å². The van der Waals surface area contributed by atoms with Gasteiger partial charge in [0.1, 0.15) is 106 Å². The van der Waals surface area contributed by atoms with Crippen LogP contribution in [-0.2, 0) is 25.6 Å². The van der Waals surface area contributed by atoms with Gasteiger partial charge in [-0.25, -0.2) is 34.9 Å². The minimum absolute atomic E-state index is 0.0252. The molecule has 8 atom stereocenters. The molecular weight excluding hydrogens is 1320 g/mol. The fourth-order valence-electron chi connectivity index (χ4n) is 10.3. The van der Waals surface area contributed by atoms with Crippen molar-refractivity contribution < 1.29 is 63.9 Å². The number of nitrogens with zero attached hydrogens (tertiary/aromatic N) is 8. The highest BCUT2D eigenvalue weighted by molar-refractivity contribution is 7.15. The maximum atomic E-state index is 15.2. The topological polar surface area (TPSA) is 417 Å². The number of carboxylic acid groups (broad SMARTS) is 1. The number of rotatable bonds is 13. The summed E-state index contributed by atoms with van der Waals surface area (Å²) in [7, 11) is 0. The predicted octanol–water partition coefficient (Wildman–Crippen LogP) is 5.36. The van der Waals surface area contributed by atoms with Crippen LogP contribution < -0.4 is 32.3 Å². The van der Waals surface area contributed by atoms with Crippen molar-refractivity contribution in [1.29, 1.82) is 0 Å². The van der Waals surface area contributed by atoms with Crippen LogP contribution in [0.1, 0.15) is 124 Å². The minimum atomic E-state index is -1.84. The minimum Gasteiger partial charge on any atom is -0.508 e. The fourth-order valence-corrected chi connectivity index (χ4v) is 15.6. The van der Waals surface area contributed by atoms with Gasteiger partial charge in [-0.3, -0.25) is 38.4 Å². The summed E-state index contributed by atoms with van der Waals surface area (Å²) in [6, 6.07) is 11.7. The molecule has 0 aliphatic carbocycles. The Morgan fingerprint density at radius 3 is 2.06 bits per heavy atom. The number of carbonyl (C=O) groups excluding carboxylic acids is 7. The number of aliphatic hydroxyl groups excluding tert-OH is 2. The van der Waals surface area contributed by atoms with Gasteiger partial charge >= 0.3 is 5.97 Å². The molecule has 12 N–H and O–H groups in total. The number of primary amides is 1. The number of carboxylic acids is 1. The van der Waals surface area contributed by atoms with Crippen LogP contribution in [0.3, 0.4) is 0 Å². The molecular formula is C60H56N14O13S6. The molecule has 9 aromatic rings. The first-order valence-electron chi connectivity index (χ1n) is 28.4. The molecule has 480 valence electrons. The van der Waals surface area contributed by atoms with E-state index in [0.29, 0.717) is 43.0 Å². The second-order valence-electron chi connectivity index (χ2n) is 22.2. The van der Waals surface area contributed by atoms with Crippen LogP contribution in [0, 0.1) is 12.8 Å². The van der Waals surface area contributed by atoms with Gasteiger partial charge in [0.15, 0.2) is 0 Å². The van der Waals surface area contributed by atoms with Gasteiger partial charge in [0.05, 0.1) is 35.9 Å². The number of aromatic hydroxyl groups is 1. The average Bonchev–Trinajstić information content (AvgIpc) is 1.68. The second-order valence-corrected chi connectivity index (χ2v) is 27.8. The van der Waals surface area contributed by atoms with Gasteiger partial charge in [0, 0.05) is 56.2 Å². The molecule has 9 heterocycles. The Morgan fingerprint density at radius 2 is 1.34 bits per heavy atom. The molecule has 0 radical (unpaired) electrons. The molecule has 27 nitrogen and oxygen atoms in total. The highest BCUT2D eigenvalue weighted by Gasteiger charge is 2.46. The summed E-state index contributed by atoms with van der Waals surface area (Å²) in [6.45, 7) is 5.04. The zero-order chi connectivity index (χ0) is 66.2. The molecule has 0 spiro atoms. The molecule has 1 unspecified atom stereocenters. The number of pyridine rings is 1. The third-order valence-corrected chi connectivity index (χ3v) is 20.6. The Hall–Kier alpha value is -9.19. The number of aliphatic carboxylic acids is 1. The van der Waals surface area contributed by atoms with Crippen LogP contribution in [0.15, 0.2) is 93.6 Å². The number of aliphatic hydroxyl groups is 3. The van der Waals surface area contributed by atoms with Crippen LogP contribution >= 0.6 is 68.0 Å². The molecule has 1 saturated heterocycles. The van der Waals surface area contributed by atoms with E-state index >= 15 is 4.79 Å². The first-order valence-corrected chi connectivity index (χ1v) is 33.6. The number of hydrogen-bond donors (Lipinski definition) is 11. The quantitative estimate of drug-likeness (QED) is 0.0692. The molecule has 0 saturated carbocycles. The number of nitrogens with two attached hydrogens (primary N) is 1. The van der Waals surface area contributed by atoms with Crippen molar-refractivity contribution in [3.8, 4) is 49.1 Å². The Balaban J connectivity index is 0.994. The summed E-state index contributed by atoms with van der Waals surface area (Å²) in [5.41, 5.74) is 5.95. The summed E-state index contributed by atoms with van der Waals surface area (Å²) in [5, 5.41) is 76.2. The summed E-state index contributed by atoms with van der Waals surface area (Å²) >= 11 is 6.52. The van der Waals surface area contributed by atoms with Crippen molar-refractivity contribution in [2.75, 3.05) is 13.1 Å². The lowest BCUT2D eigenvalue weighted by molar-refractivity contribution is -0.139. The van der Waals surface area contributed by atoms with E-state index in [2.05, 4.69) is 41.5 Å². The van der Waals surface area contributed by atoms with Crippen molar-refractivity contribution in [2.24, 2.45) is 11.7 Å². The number of benzene rings is 2. The number of aryl methyl sites for hydroxylation is 1. The molecule has 1 fully saturated rings. The molecule has 33 heteroatoms. The Morgan fingerprint density at radius 1 is 0.710 bits per heavy atom. The number of carbonyl (C=O) groups is 8. The highest BCUT2D eigenvalue weighted by Crippen LogP contribution is 2.43.